The minimum atomic E-state index is -3.58. The number of nitrogens with one attached hydrogen (secondary N) is 1. The highest BCUT2D eigenvalue weighted by molar-refractivity contribution is 7.92. The Kier molecular flexibility index (Phi) is 6.56. The van der Waals surface area contributed by atoms with Gasteiger partial charge in [-0.2, -0.15) is 0 Å². The Balaban J connectivity index is 1.66. The lowest BCUT2D eigenvalue weighted by atomic mass is 10.1. The Morgan fingerprint density at radius 2 is 1.60 bits per heavy atom. The van der Waals surface area contributed by atoms with E-state index in [2.05, 4.69) is 5.32 Å². The molecule has 0 atom stereocenters. The molecule has 0 radical (unpaired) electrons. The summed E-state index contributed by atoms with van der Waals surface area (Å²) in [6, 6.07) is 18.6. The predicted molar refractivity (Wildman–Crippen MR) is 118 cm³/mol. The topological polar surface area (TPSA) is 90.2 Å². The monoisotopic (exact) mass is 427 g/mol. The summed E-state index contributed by atoms with van der Waals surface area (Å²) in [7, 11) is -1.87. The van der Waals surface area contributed by atoms with Crippen LogP contribution in [0.4, 0.5) is 5.69 Å². The van der Waals surface area contributed by atoms with Gasteiger partial charge in [0.15, 0.2) is 9.84 Å². The van der Waals surface area contributed by atoms with Gasteiger partial charge >= 0.3 is 0 Å². The molecule has 3 aromatic rings. The van der Waals surface area contributed by atoms with E-state index in [1.54, 1.807) is 30.8 Å². The average Bonchev–Trinajstić information content (AvgIpc) is 2.92. The molecule has 0 bridgehead atoms. The number of sulfone groups is 1. The summed E-state index contributed by atoms with van der Waals surface area (Å²) in [5.41, 5.74) is 1.93. The third kappa shape index (κ3) is 5.07. The maximum Gasteiger partial charge on any atom is 0.295 e. The van der Waals surface area contributed by atoms with E-state index in [0.29, 0.717) is 24.2 Å². The zero-order valence-electron chi connectivity index (χ0n) is 17.0. The van der Waals surface area contributed by atoms with Gasteiger partial charge in [-0.25, -0.2) is 13.1 Å². The van der Waals surface area contributed by atoms with Gasteiger partial charge in [0.25, 0.3) is 5.56 Å². The number of anilines is 1. The second-order valence-electron chi connectivity index (χ2n) is 7.17. The van der Waals surface area contributed by atoms with Crippen molar-refractivity contribution in [3.05, 3.63) is 82.3 Å². The number of nitrogens with zero attached hydrogens (tertiary/aromatic N) is 2. The van der Waals surface area contributed by atoms with Crippen molar-refractivity contribution in [3.63, 3.8) is 0 Å². The molecule has 30 heavy (non-hydrogen) atoms. The molecule has 3 rings (SSSR count). The first kappa shape index (κ1) is 21.6. The average molecular weight is 428 g/mol. The Morgan fingerprint density at radius 3 is 2.23 bits per heavy atom. The smallest absolute Gasteiger partial charge is 0.295 e. The molecule has 0 aliphatic carbocycles. The van der Waals surface area contributed by atoms with Crippen LogP contribution in [0.15, 0.2) is 65.5 Å². The van der Waals surface area contributed by atoms with Gasteiger partial charge in [-0.15, -0.1) is 0 Å². The van der Waals surface area contributed by atoms with Gasteiger partial charge in [0.05, 0.1) is 17.1 Å². The quantitative estimate of drug-likeness (QED) is 0.598. The van der Waals surface area contributed by atoms with Crippen molar-refractivity contribution >= 4 is 21.4 Å². The molecule has 0 saturated heterocycles. The first-order valence-corrected chi connectivity index (χ1v) is 11.5. The fraction of sp³-hybridized carbons (Fsp3) is 0.273. The van der Waals surface area contributed by atoms with Crippen LogP contribution in [0.2, 0.25) is 0 Å². The lowest BCUT2D eigenvalue weighted by Crippen LogP contribution is -2.28. The number of carbonyl (C=O) groups excluding carboxylic acids is 1. The number of carbonyl (C=O) groups is 1. The van der Waals surface area contributed by atoms with Crippen LogP contribution in [0, 0.1) is 6.92 Å². The fourth-order valence-corrected chi connectivity index (χ4v) is 4.50. The van der Waals surface area contributed by atoms with Crippen molar-refractivity contribution < 1.29 is 13.2 Å². The summed E-state index contributed by atoms with van der Waals surface area (Å²) in [6.45, 7) is 1.70. The normalized spacial score (nSPS) is 11.4. The van der Waals surface area contributed by atoms with Crippen molar-refractivity contribution in [2.24, 2.45) is 7.05 Å². The molecule has 1 heterocycles. The van der Waals surface area contributed by atoms with Crippen LogP contribution in [0.5, 0.6) is 0 Å². The van der Waals surface area contributed by atoms with E-state index in [9.17, 15) is 18.0 Å². The molecule has 1 aromatic heterocycles. The van der Waals surface area contributed by atoms with Crippen molar-refractivity contribution in [1.29, 1.82) is 0 Å². The standard InChI is InChI=1S/C22H25N3O4S/c1-17-21(22(27)25(24(17)2)19-13-7-4-8-14-19)23-20(26)16-30(28,29)15-9-12-18-10-5-3-6-11-18/h3-8,10-11,13-14H,9,12,15-16H2,1-2H3,(H,23,26). The number of aryl methyl sites for hydroxylation is 1. The molecule has 8 heteroatoms. The van der Waals surface area contributed by atoms with Crippen molar-refractivity contribution in [1.82, 2.24) is 9.36 Å². The molecule has 0 unspecified atom stereocenters. The third-order valence-corrected chi connectivity index (χ3v) is 6.55. The molecule has 0 aliphatic heterocycles. The Bertz CT molecular complexity index is 1180. The van der Waals surface area contributed by atoms with E-state index in [0.717, 1.165) is 5.56 Å². The lowest BCUT2D eigenvalue weighted by molar-refractivity contribution is -0.113. The molecule has 0 aliphatic rings. The van der Waals surface area contributed by atoms with Crippen LogP contribution in [0.1, 0.15) is 17.7 Å². The molecule has 0 saturated carbocycles. The number of hydrogen-bond acceptors (Lipinski definition) is 4. The number of amides is 1. The van der Waals surface area contributed by atoms with E-state index in [-0.39, 0.29) is 11.4 Å². The summed E-state index contributed by atoms with van der Waals surface area (Å²) >= 11 is 0. The summed E-state index contributed by atoms with van der Waals surface area (Å²) in [4.78, 5) is 25.2. The van der Waals surface area contributed by atoms with Gasteiger partial charge in [0.1, 0.15) is 11.4 Å². The van der Waals surface area contributed by atoms with E-state index in [4.69, 9.17) is 0 Å². The Labute approximate surface area is 175 Å². The van der Waals surface area contributed by atoms with E-state index in [1.807, 2.05) is 48.5 Å². The van der Waals surface area contributed by atoms with Crippen LogP contribution < -0.4 is 10.9 Å². The molecule has 7 nitrogen and oxygen atoms in total. The summed E-state index contributed by atoms with van der Waals surface area (Å²) < 4.78 is 27.7. The minimum Gasteiger partial charge on any atom is -0.319 e. The first-order chi connectivity index (χ1) is 14.3. The number of benzene rings is 2. The molecule has 0 fully saturated rings. The maximum atomic E-state index is 12.8. The third-order valence-electron chi connectivity index (χ3n) is 4.93. The molecule has 158 valence electrons. The highest BCUT2D eigenvalue weighted by Gasteiger charge is 2.21. The van der Waals surface area contributed by atoms with Gasteiger partial charge in [-0.3, -0.25) is 14.3 Å². The Hall–Kier alpha value is -3.13. The largest absolute Gasteiger partial charge is 0.319 e. The van der Waals surface area contributed by atoms with Crippen LogP contribution >= 0.6 is 0 Å². The van der Waals surface area contributed by atoms with Gasteiger partial charge in [0, 0.05) is 7.05 Å². The van der Waals surface area contributed by atoms with Crippen LogP contribution in [-0.4, -0.2) is 35.2 Å². The van der Waals surface area contributed by atoms with Crippen LogP contribution in [0.3, 0.4) is 0 Å². The fourth-order valence-electron chi connectivity index (χ4n) is 3.30. The number of hydrogen-bond donors (Lipinski definition) is 1. The van der Waals surface area contributed by atoms with Gasteiger partial charge in [-0.1, -0.05) is 48.5 Å². The molecular weight excluding hydrogens is 402 g/mol. The Morgan fingerprint density at radius 1 is 1.00 bits per heavy atom. The number of rotatable bonds is 8. The molecule has 2 aromatic carbocycles. The number of para-hydroxylation sites is 1. The second kappa shape index (κ2) is 9.13. The summed E-state index contributed by atoms with van der Waals surface area (Å²) in [5.74, 6) is -1.45. The summed E-state index contributed by atoms with van der Waals surface area (Å²) in [5, 5.41) is 2.50. The maximum absolute atomic E-state index is 12.8. The molecular formula is C22H25N3O4S. The van der Waals surface area contributed by atoms with Crippen LogP contribution in [0.25, 0.3) is 5.69 Å². The van der Waals surface area contributed by atoms with Gasteiger partial charge < -0.3 is 5.32 Å². The molecule has 0 spiro atoms. The van der Waals surface area contributed by atoms with E-state index >= 15 is 0 Å². The first-order valence-electron chi connectivity index (χ1n) is 9.67. The molecule has 1 N–H and O–H groups in total. The second-order valence-corrected chi connectivity index (χ2v) is 9.35. The highest BCUT2D eigenvalue weighted by Crippen LogP contribution is 2.14. The van der Waals surface area contributed by atoms with Crippen LogP contribution in [-0.2, 0) is 28.1 Å². The highest BCUT2D eigenvalue weighted by atomic mass is 32.2. The number of aromatic nitrogens is 2. The van der Waals surface area contributed by atoms with Gasteiger partial charge in [0.2, 0.25) is 5.91 Å². The SMILES string of the molecule is Cc1c(NC(=O)CS(=O)(=O)CCCc2ccccc2)c(=O)n(-c2ccccc2)n1C. The zero-order valence-corrected chi connectivity index (χ0v) is 17.9. The predicted octanol–water partition coefficient (Wildman–Crippen LogP) is 2.47. The van der Waals surface area contributed by atoms with E-state index < -0.39 is 27.1 Å². The van der Waals surface area contributed by atoms with Crippen molar-refractivity contribution in [2.75, 3.05) is 16.8 Å². The van der Waals surface area contributed by atoms with Gasteiger partial charge in [-0.05, 0) is 37.5 Å². The van der Waals surface area contributed by atoms with Crippen molar-refractivity contribution in [2.45, 2.75) is 19.8 Å². The summed E-state index contributed by atoms with van der Waals surface area (Å²) in [6.07, 6.45) is 1.06. The van der Waals surface area contributed by atoms with E-state index in [1.165, 1.54) is 4.68 Å². The zero-order chi connectivity index (χ0) is 21.7. The van der Waals surface area contributed by atoms with Crippen molar-refractivity contribution in [3.8, 4) is 5.69 Å². The minimum absolute atomic E-state index is 0.0860. The molecule has 1 amide bonds. The lowest BCUT2D eigenvalue weighted by Gasteiger charge is -2.07.